The van der Waals surface area contributed by atoms with Gasteiger partial charge < -0.3 is 4.57 Å². The first-order valence-electron chi connectivity index (χ1n) is 22.3. The van der Waals surface area contributed by atoms with Gasteiger partial charge >= 0.3 is 0 Å². The summed E-state index contributed by atoms with van der Waals surface area (Å²) >= 11 is 0. The van der Waals surface area contributed by atoms with Gasteiger partial charge in [0.25, 0.3) is 0 Å². The molecule has 11 aromatic carbocycles. The summed E-state index contributed by atoms with van der Waals surface area (Å²) in [6.07, 6.45) is 0. The van der Waals surface area contributed by atoms with Crippen molar-refractivity contribution in [2.45, 2.75) is 0 Å². The predicted octanol–water partition coefficient (Wildman–Crippen LogP) is 16.9. The summed E-state index contributed by atoms with van der Waals surface area (Å²) in [6.45, 7) is 0. The van der Waals surface area contributed by atoms with Crippen LogP contribution in [0.15, 0.2) is 255 Å². The van der Waals surface area contributed by atoms with Gasteiger partial charge in [-0.15, -0.1) is 0 Å². The largest absolute Gasteiger partial charge is 0.309 e. The van der Waals surface area contributed by atoms with E-state index in [4.69, 9.17) is 0 Å². The molecule has 0 spiro atoms. The number of hydrogen-bond acceptors (Lipinski definition) is 2. The molecule has 1 aromatic heterocycles. The average molecular weight is 830 g/mol. The highest BCUT2D eigenvalue weighted by molar-refractivity contribution is 6.24. The quantitative estimate of drug-likeness (QED) is 0.116. The lowest BCUT2D eigenvalue weighted by molar-refractivity contribution is 1.14. The normalized spacial score (nSPS) is 11.4. The van der Waals surface area contributed by atoms with Crippen LogP contribution in [-0.4, -0.2) is 4.57 Å². The fourth-order valence-corrected chi connectivity index (χ4v) is 9.90. The molecule has 3 heteroatoms. The Balaban J connectivity index is 1.11. The van der Waals surface area contributed by atoms with Crippen molar-refractivity contribution in [3.63, 3.8) is 0 Å². The van der Waals surface area contributed by atoms with Crippen LogP contribution in [0.1, 0.15) is 0 Å². The van der Waals surface area contributed by atoms with Gasteiger partial charge in [-0.25, -0.2) is 0 Å². The standard InChI is InChI=1S/C62H43N3/c1-4-20-43(21-5-1)49-26-10-12-30-53(49)61-55-32-14-15-33-56(55)62(54-31-13-11-27-50(54)44-22-6-2-7-23-44)58-42-48(40-41-57(58)61)65(63-45-24-8-3-9-25-45)47-38-36-46(37-39-47)64-59-34-18-16-28-51(59)52-29-17-19-35-60(52)64/h1-42,63H. The van der Waals surface area contributed by atoms with Gasteiger partial charge in [0.2, 0.25) is 0 Å². The molecule has 65 heavy (non-hydrogen) atoms. The van der Waals surface area contributed by atoms with Gasteiger partial charge in [0.1, 0.15) is 0 Å². The molecule has 0 saturated carbocycles. The number of nitrogens with one attached hydrogen (secondary N) is 1. The molecule has 12 aromatic rings. The molecule has 0 saturated heterocycles. The molecule has 1 heterocycles. The number of hydrazine groups is 1. The van der Waals surface area contributed by atoms with Gasteiger partial charge in [0, 0.05) is 16.5 Å². The maximum Gasteiger partial charge on any atom is 0.0637 e. The zero-order chi connectivity index (χ0) is 43.1. The van der Waals surface area contributed by atoms with Crippen LogP contribution in [0.4, 0.5) is 17.1 Å². The Morgan fingerprint density at radius 1 is 0.292 bits per heavy atom. The summed E-state index contributed by atoms with van der Waals surface area (Å²) in [7, 11) is 0. The molecule has 306 valence electrons. The third-order valence-corrected chi connectivity index (χ3v) is 12.8. The van der Waals surface area contributed by atoms with Crippen molar-refractivity contribution < 1.29 is 0 Å². The second-order valence-corrected chi connectivity index (χ2v) is 16.5. The molecule has 0 aliphatic rings. The number of fused-ring (bicyclic) bond motifs is 5. The zero-order valence-electron chi connectivity index (χ0n) is 35.6. The molecular formula is C62H43N3. The van der Waals surface area contributed by atoms with Crippen LogP contribution in [0.5, 0.6) is 0 Å². The summed E-state index contributed by atoms with van der Waals surface area (Å²) in [5, 5.41) is 9.51. The smallest absolute Gasteiger partial charge is 0.0637 e. The zero-order valence-corrected chi connectivity index (χ0v) is 35.6. The van der Waals surface area contributed by atoms with Crippen molar-refractivity contribution in [1.29, 1.82) is 0 Å². The summed E-state index contributed by atoms with van der Waals surface area (Å²) in [5.41, 5.74) is 19.9. The number of anilines is 3. The molecule has 0 aliphatic carbocycles. The monoisotopic (exact) mass is 829 g/mol. The van der Waals surface area contributed by atoms with Crippen molar-refractivity contribution in [3.8, 4) is 50.2 Å². The molecular weight excluding hydrogens is 787 g/mol. The van der Waals surface area contributed by atoms with Crippen LogP contribution in [-0.2, 0) is 0 Å². The van der Waals surface area contributed by atoms with Crippen molar-refractivity contribution in [3.05, 3.63) is 255 Å². The highest BCUT2D eigenvalue weighted by Crippen LogP contribution is 2.49. The van der Waals surface area contributed by atoms with E-state index in [0.717, 1.165) is 22.7 Å². The first-order chi connectivity index (χ1) is 32.3. The Morgan fingerprint density at radius 3 is 1.23 bits per heavy atom. The molecule has 0 radical (unpaired) electrons. The highest BCUT2D eigenvalue weighted by atomic mass is 15.5. The number of nitrogens with zero attached hydrogens (tertiary/aromatic N) is 2. The molecule has 0 bridgehead atoms. The lowest BCUT2D eigenvalue weighted by atomic mass is 9.82. The van der Waals surface area contributed by atoms with Gasteiger partial charge in [0.05, 0.1) is 28.1 Å². The average Bonchev–Trinajstić information content (AvgIpc) is 3.72. The Labute approximate surface area is 378 Å². The number of benzene rings is 11. The van der Waals surface area contributed by atoms with Crippen molar-refractivity contribution >= 4 is 60.4 Å². The maximum atomic E-state index is 3.83. The van der Waals surface area contributed by atoms with Gasteiger partial charge in [-0.3, -0.25) is 10.4 Å². The van der Waals surface area contributed by atoms with Crippen LogP contribution in [0, 0.1) is 0 Å². The molecule has 0 fully saturated rings. The molecule has 12 rings (SSSR count). The van der Waals surface area contributed by atoms with Crippen molar-refractivity contribution in [1.82, 2.24) is 4.57 Å². The van der Waals surface area contributed by atoms with Crippen molar-refractivity contribution in [2.75, 3.05) is 10.4 Å². The number of para-hydroxylation sites is 3. The molecule has 0 aliphatic heterocycles. The molecule has 0 atom stereocenters. The number of aromatic nitrogens is 1. The second kappa shape index (κ2) is 16.2. The highest BCUT2D eigenvalue weighted by Gasteiger charge is 2.23. The van der Waals surface area contributed by atoms with Crippen LogP contribution < -0.4 is 10.4 Å². The predicted molar refractivity (Wildman–Crippen MR) is 276 cm³/mol. The fourth-order valence-electron chi connectivity index (χ4n) is 9.90. The van der Waals surface area contributed by atoms with E-state index in [1.165, 1.54) is 87.9 Å². The summed E-state index contributed by atoms with van der Waals surface area (Å²) < 4.78 is 2.37. The third-order valence-electron chi connectivity index (χ3n) is 12.8. The van der Waals surface area contributed by atoms with E-state index >= 15 is 0 Å². The second-order valence-electron chi connectivity index (χ2n) is 16.5. The minimum atomic E-state index is 0.990. The minimum absolute atomic E-state index is 0.990. The molecule has 0 unspecified atom stereocenters. The topological polar surface area (TPSA) is 20.2 Å². The van der Waals surface area contributed by atoms with E-state index < -0.39 is 0 Å². The Morgan fingerprint density at radius 2 is 0.692 bits per heavy atom. The summed E-state index contributed by atoms with van der Waals surface area (Å²) in [4.78, 5) is 0. The summed E-state index contributed by atoms with van der Waals surface area (Å²) in [5.74, 6) is 0. The van der Waals surface area contributed by atoms with E-state index in [1.54, 1.807) is 0 Å². The van der Waals surface area contributed by atoms with Crippen LogP contribution in [0.2, 0.25) is 0 Å². The lowest BCUT2D eigenvalue weighted by Crippen LogP contribution is -2.24. The van der Waals surface area contributed by atoms with E-state index in [9.17, 15) is 0 Å². The summed E-state index contributed by atoms with van der Waals surface area (Å²) in [6, 6.07) is 92.0. The van der Waals surface area contributed by atoms with E-state index in [2.05, 4.69) is 270 Å². The molecule has 3 nitrogen and oxygen atoms in total. The first-order valence-corrected chi connectivity index (χ1v) is 22.3. The van der Waals surface area contributed by atoms with E-state index in [0.29, 0.717) is 0 Å². The van der Waals surface area contributed by atoms with Gasteiger partial charge in [-0.1, -0.05) is 194 Å². The molecule has 0 amide bonds. The lowest BCUT2D eigenvalue weighted by Gasteiger charge is -2.28. The van der Waals surface area contributed by atoms with E-state index in [-0.39, 0.29) is 0 Å². The molecule has 1 N–H and O–H groups in total. The van der Waals surface area contributed by atoms with Gasteiger partial charge in [-0.2, -0.15) is 0 Å². The Bertz CT molecular complexity index is 3610. The van der Waals surface area contributed by atoms with Crippen LogP contribution >= 0.6 is 0 Å². The van der Waals surface area contributed by atoms with Crippen LogP contribution in [0.25, 0.3) is 93.5 Å². The van der Waals surface area contributed by atoms with Crippen molar-refractivity contribution in [2.24, 2.45) is 0 Å². The van der Waals surface area contributed by atoms with Crippen LogP contribution in [0.3, 0.4) is 0 Å². The third kappa shape index (κ3) is 6.70. The first kappa shape index (κ1) is 38.0. The van der Waals surface area contributed by atoms with E-state index in [1.807, 2.05) is 0 Å². The number of hydrogen-bond donors (Lipinski definition) is 1. The SMILES string of the molecule is c1ccc(NN(c2ccc(-n3c4ccccc4c4ccccc43)cc2)c2ccc3c(-c4ccccc4-c4ccccc4)c4ccccc4c(-c4ccccc4-c4ccccc4)c3c2)cc1. The fraction of sp³-hybridized carbons (Fsp3) is 0. The number of rotatable bonds is 9. The Kier molecular flexibility index (Phi) is 9.50. The minimum Gasteiger partial charge on any atom is -0.309 e. The maximum absolute atomic E-state index is 3.83. The van der Waals surface area contributed by atoms with Gasteiger partial charge in [-0.05, 0) is 127 Å². The Hall–Kier alpha value is -8.66. The van der Waals surface area contributed by atoms with Gasteiger partial charge in [0.15, 0.2) is 0 Å².